The third-order valence-corrected chi connectivity index (χ3v) is 2.64. The Morgan fingerprint density at radius 3 is 2.21 bits per heavy atom. The Labute approximate surface area is 109 Å². The van der Waals surface area contributed by atoms with E-state index in [0.717, 1.165) is 11.1 Å². The van der Waals surface area contributed by atoms with Gasteiger partial charge in [-0.1, -0.05) is 12.1 Å². The minimum atomic E-state index is -2.81. The van der Waals surface area contributed by atoms with Gasteiger partial charge in [-0.3, -0.25) is 0 Å². The third kappa shape index (κ3) is 3.45. The minimum Gasteiger partial charge on any atom is -0.435 e. The van der Waals surface area contributed by atoms with Crippen LogP contribution in [0, 0.1) is 0 Å². The largest absolute Gasteiger partial charge is 0.435 e. The summed E-state index contributed by atoms with van der Waals surface area (Å²) in [6.07, 6.45) is 4.87. The van der Waals surface area contributed by atoms with E-state index in [1.54, 1.807) is 31.6 Å². The molecular weight excluding hydrogens is 252 g/mol. The van der Waals surface area contributed by atoms with Crippen LogP contribution in [-0.2, 0) is 0 Å². The molecule has 0 amide bonds. The van der Waals surface area contributed by atoms with Crippen molar-refractivity contribution in [1.29, 1.82) is 0 Å². The maximum atomic E-state index is 12.1. The summed E-state index contributed by atoms with van der Waals surface area (Å²) in [5.74, 6) is 0.137. The first-order valence-corrected chi connectivity index (χ1v) is 5.67. The van der Waals surface area contributed by atoms with Gasteiger partial charge in [-0.05, 0) is 24.7 Å². The van der Waals surface area contributed by atoms with Crippen molar-refractivity contribution in [1.82, 2.24) is 15.3 Å². The van der Waals surface area contributed by atoms with E-state index in [4.69, 9.17) is 0 Å². The van der Waals surface area contributed by atoms with Crippen molar-refractivity contribution in [2.75, 3.05) is 7.05 Å². The molecular formula is C13H13F2N3O. The summed E-state index contributed by atoms with van der Waals surface area (Å²) in [7, 11) is 1.81. The van der Waals surface area contributed by atoms with Crippen LogP contribution >= 0.6 is 0 Å². The molecule has 0 saturated heterocycles. The lowest BCUT2D eigenvalue weighted by molar-refractivity contribution is -0.0498. The molecule has 0 fully saturated rings. The summed E-state index contributed by atoms with van der Waals surface area (Å²) in [6.45, 7) is -2.81. The number of aromatic nitrogens is 2. The Kier molecular flexibility index (Phi) is 4.35. The molecule has 1 N–H and O–H groups in total. The summed E-state index contributed by atoms with van der Waals surface area (Å²) < 4.78 is 28.4. The van der Waals surface area contributed by atoms with Gasteiger partial charge in [0.1, 0.15) is 12.1 Å². The molecule has 0 aliphatic heterocycles. The molecule has 0 radical (unpaired) electrons. The molecule has 1 atom stereocenters. The average molecular weight is 265 g/mol. The molecule has 0 aliphatic carbocycles. The van der Waals surface area contributed by atoms with E-state index >= 15 is 0 Å². The Morgan fingerprint density at radius 2 is 1.68 bits per heavy atom. The number of benzene rings is 1. The van der Waals surface area contributed by atoms with Crippen molar-refractivity contribution in [2.24, 2.45) is 0 Å². The van der Waals surface area contributed by atoms with Gasteiger partial charge in [0.05, 0.1) is 6.04 Å². The molecule has 2 aromatic rings. The molecule has 4 nitrogen and oxygen atoms in total. The number of hydrogen-bond acceptors (Lipinski definition) is 4. The van der Waals surface area contributed by atoms with Gasteiger partial charge in [0.25, 0.3) is 0 Å². The van der Waals surface area contributed by atoms with Crippen molar-refractivity contribution in [3.8, 4) is 5.75 Å². The minimum absolute atomic E-state index is 0.0956. The predicted molar refractivity (Wildman–Crippen MR) is 66.0 cm³/mol. The Morgan fingerprint density at radius 1 is 1.05 bits per heavy atom. The van der Waals surface area contributed by atoms with Gasteiger partial charge in [-0.25, -0.2) is 9.97 Å². The van der Waals surface area contributed by atoms with Crippen molar-refractivity contribution in [2.45, 2.75) is 12.7 Å². The van der Waals surface area contributed by atoms with Gasteiger partial charge in [0, 0.05) is 18.0 Å². The third-order valence-electron chi connectivity index (χ3n) is 2.64. The summed E-state index contributed by atoms with van der Waals surface area (Å²) in [5, 5.41) is 3.13. The Hall–Kier alpha value is -2.08. The highest BCUT2D eigenvalue weighted by molar-refractivity contribution is 5.33. The molecule has 0 bridgehead atoms. The summed E-state index contributed by atoms with van der Waals surface area (Å²) in [6, 6.07) is 6.38. The van der Waals surface area contributed by atoms with Gasteiger partial charge in [-0.2, -0.15) is 8.78 Å². The van der Waals surface area contributed by atoms with Gasteiger partial charge in [0.2, 0.25) is 0 Å². The van der Waals surface area contributed by atoms with Gasteiger partial charge >= 0.3 is 6.61 Å². The standard InChI is InChI=1S/C13H13F2N3O/c1-16-12(10-6-17-8-18-7-10)9-2-4-11(5-3-9)19-13(14)15/h2-8,12-13,16H,1H3. The number of rotatable bonds is 5. The van der Waals surface area contributed by atoms with E-state index in [1.165, 1.54) is 18.5 Å². The lowest BCUT2D eigenvalue weighted by Gasteiger charge is -2.16. The zero-order valence-corrected chi connectivity index (χ0v) is 10.3. The SMILES string of the molecule is CNC(c1ccc(OC(F)F)cc1)c1cncnc1. The van der Waals surface area contributed by atoms with E-state index in [9.17, 15) is 8.78 Å². The van der Waals surface area contributed by atoms with Crippen LogP contribution in [0.25, 0.3) is 0 Å². The second-order valence-corrected chi connectivity index (χ2v) is 3.84. The highest BCUT2D eigenvalue weighted by Crippen LogP contribution is 2.23. The number of alkyl halides is 2. The Bertz CT molecular complexity index is 505. The van der Waals surface area contributed by atoms with Crippen LogP contribution < -0.4 is 10.1 Å². The normalized spacial score (nSPS) is 12.4. The summed E-state index contributed by atoms with van der Waals surface area (Å²) in [5.41, 5.74) is 1.81. The maximum Gasteiger partial charge on any atom is 0.387 e. The molecule has 0 aliphatic rings. The molecule has 6 heteroatoms. The predicted octanol–water partition coefficient (Wildman–Crippen LogP) is 2.39. The summed E-state index contributed by atoms with van der Waals surface area (Å²) >= 11 is 0. The van der Waals surface area contributed by atoms with Crippen molar-refractivity contribution < 1.29 is 13.5 Å². The molecule has 0 saturated carbocycles. The number of halogens is 2. The number of nitrogens with one attached hydrogen (secondary N) is 1. The second-order valence-electron chi connectivity index (χ2n) is 3.84. The monoisotopic (exact) mass is 265 g/mol. The van der Waals surface area contributed by atoms with Gasteiger partial charge in [-0.15, -0.1) is 0 Å². The first kappa shape index (κ1) is 13.4. The molecule has 100 valence electrons. The van der Waals surface area contributed by atoms with Crippen LogP contribution in [0.5, 0.6) is 5.75 Å². The molecule has 19 heavy (non-hydrogen) atoms. The van der Waals surface area contributed by atoms with E-state index in [-0.39, 0.29) is 11.8 Å². The quantitative estimate of drug-likeness (QED) is 0.901. The fourth-order valence-electron chi connectivity index (χ4n) is 1.83. The lowest BCUT2D eigenvalue weighted by Crippen LogP contribution is -2.18. The number of nitrogens with zero attached hydrogens (tertiary/aromatic N) is 2. The topological polar surface area (TPSA) is 47.0 Å². The molecule has 0 spiro atoms. The van der Waals surface area contributed by atoms with Crippen LogP contribution in [-0.4, -0.2) is 23.6 Å². The van der Waals surface area contributed by atoms with E-state index in [1.807, 2.05) is 0 Å². The highest BCUT2D eigenvalue weighted by Gasteiger charge is 2.13. The van der Waals surface area contributed by atoms with E-state index in [2.05, 4.69) is 20.0 Å². The number of hydrogen-bond donors (Lipinski definition) is 1. The van der Waals surface area contributed by atoms with Crippen molar-refractivity contribution in [3.63, 3.8) is 0 Å². The highest BCUT2D eigenvalue weighted by atomic mass is 19.3. The van der Waals surface area contributed by atoms with Crippen molar-refractivity contribution in [3.05, 3.63) is 54.1 Å². The zero-order valence-electron chi connectivity index (χ0n) is 10.3. The lowest BCUT2D eigenvalue weighted by atomic mass is 10.0. The fraction of sp³-hybridized carbons (Fsp3) is 0.231. The maximum absolute atomic E-state index is 12.1. The van der Waals surface area contributed by atoms with E-state index in [0.29, 0.717) is 0 Å². The van der Waals surface area contributed by atoms with Gasteiger partial charge < -0.3 is 10.1 Å². The molecule has 2 rings (SSSR count). The molecule has 1 aromatic carbocycles. The van der Waals surface area contributed by atoms with Crippen LogP contribution in [0.15, 0.2) is 43.0 Å². The van der Waals surface area contributed by atoms with Crippen LogP contribution in [0.2, 0.25) is 0 Å². The second kappa shape index (κ2) is 6.19. The van der Waals surface area contributed by atoms with Crippen LogP contribution in [0.1, 0.15) is 17.2 Å². The first-order chi connectivity index (χ1) is 9.20. The van der Waals surface area contributed by atoms with Gasteiger partial charge in [0.15, 0.2) is 0 Å². The fourth-order valence-corrected chi connectivity index (χ4v) is 1.83. The van der Waals surface area contributed by atoms with Crippen molar-refractivity contribution >= 4 is 0 Å². The van der Waals surface area contributed by atoms with Crippen LogP contribution in [0.3, 0.4) is 0 Å². The Balaban J connectivity index is 2.20. The zero-order chi connectivity index (χ0) is 13.7. The van der Waals surface area contributed by atoms with E-state index < -0.39 is 6.61 Å². The first-order valence-electron chi connectivity index (χ1n) is 5.67. The molecule has 1 aromatic heterocycles. The van der Waals surface area contributed by atoms with Crippen LogP contribution in [0.4, 0.5) is 8.78 Å². The number of ether oxygens (including phenoxy) is 1. The molecule has 1 unspecified atom stereocenters. The smallest absolute Gasteiger partial charge is 0.387 e. The average Bonchev–Trinajstić information content (AvgIpc) is 2.42. The molecule has 1 heterocycles. The summed E-state index contributed by atoms with van der Waals surface area (Å²) in [4.78, 5) is 7.92.